The molecule has 0 bridgehead atoms. The van der Waals surface area contributed by atoms with Gasteiger partial charge in [0.25, 0.3) is 0 Å². The van der Waals surface area contributed by atoms with Crippen LogP contribution in [0.5, 0.6) is 11.5 Å². The molecule has 3 nitrogen and oxygen atoms in total. The Morgan fingerprint density at radius 2 is 2.00 bits per heavy atom. The molecule has 0 saturated carbocycles. The van der Waals surface area contributed by atoms with Crippen LogP contribution in [0.1, 0.15) is 12.5 Å². The highest BCUT2D eigenvalue weighted by atomic mass is 35.5. The molecule has 0 radical (unpaired) electrons. The number of aryl methyl sites for hydroxylation is 1. The summed E-state index contributed by atoms with van der Waals surface area (Å²) in [5.74, 6) is -0.254. The lowest BCUT2D eigenvalue weighted by atomic mass is 10.1. The number of carbonyl (C=O) groups is 1. The van der Waals surface area contributed by atoms with E-state index < -0.39 is 5.97 Å². The second kappa shape index (κ2) is 4.94. The number of rotatable bonds is 2. The number of esters is 1. The lowest BCUT2D eigenvalue weighted by molar-refractivity contribution is -0.129. The summed E-state index contributed by atoms with van der Waals surface area (Å²) in [5, 5.41) is 11.3. The Labute approximate surface area is 116 Å². The van der Waals surface area contributed by atoms with Gasteiger partial charge in [-0.1, -0.05) is 35.9 Å². The number of benzene rings is 2. The lowest BCUT2D eigenvalue weighted by Crippen LogP contribution is -2.08. The summed E-state index contributed by atoms with van der Waals surface area (Å²) in [6, 6.07) is 6.79. The number of halogens is 1. The Balaban J connectivity index is 2.66. The highest BCUT2D eigenvalue weighted by molar-refractivity contribution is 6.33. The van der Waals surface area contributed by atoms with Crippen LogP contribution in [0, 0.1) is 6.92 Å². The molecule has 0 aromatic heterocycles. The van der Waals surface area contributed by atoms with Crippen molar-refractivity contribution in [3.63, 3.8) is 0 Å². The van der Waals surface area contributed by atoms with Gasteiger partial charge in [-0.15, -0.1) is 0 Å². The van der Waals surface area contributed by atoms with Crippen molar-refractivity contribution >= 4 is 28.3 Å². The lowest BCUT2D eigenvalue weighted by Gasteiger charge is -2.11. The first-order valence-electron chi connectivity index (χ1n) is 5.69. The normalized spacial score (nSPS) is 10.5. The molecule has 0 fully saturated rings. The zero-order valence-electron chi connectivity index (χ0n) is 10.7. The maximum atomic E-state index is 11.6. The molecular formula is C15H13ClO3. The van der Waals surface area contributed by atoms with E-state index in [4.69, 9.17) is 16.3 Å². The van der Waals surface area contributed by atoms with Crippen LogP contribution < -0.4 is 4.74 Å². The van der Waals surface area contributed by atoms with Crippen LogP contribution in [0.3, 0.4) is 0 Å². The first kappa shape index (κ1) is 13.4. The van der Waals surface area contributed by atoms with Crippen molar-refractivity contribution in [1.82, 2.24) is 0 Å². The van der Waals surface area contributed by atoms with E-state index in [0.29, 0.717) is 10.8 Å². The van der Waals surface area contributed by atoms with Crippen LogP contribution >= 0.6 is 11.6 Å². The fourth-order valence-corrected chi connectivity index (χ4v) is 1.99. The van der Waals surface area contributed by atoms with Gasteiger partial charge in [-0.25, -0.2) is 4.79 Å². The summed E-state index contributed by atoms with van der Waals surface area (Å²) < 4.78 is 5.23. The fraction of sp³-hybridized carbons (Fsp3) is 0.133. The highest BCUT2D eigenvalue weighted by Gasteiger charge is 2.15. The number of phenols is 1. The molecule has 19 heavy (non-hydrogen) atoms. The quantitative estimate of drug-likeness (QED) is 0.512. The fourth-order valence-electron chi connectivity index (χ4n) is 1.74. The van der Waals surface area contributed by atoms with Crippen molar-refractivity contribution in [2.45, 2.75) is 13.8 Å². The van der Waals surface area contributed by atoms with Gasteiger partial charge < -0.3 is 9.84 Å². The Hall–Kier alpha value is -2.00. The van der Waals surface area contributed by atoms with Crippen LogP contribution in [-0.2, 0) is 4.79 Å². The Morgan fingerprint density at radius 3 is 2.63 bits per heavy atom. The first-order chi connectivity index (χ1) is 8.90. The predicted octanol–water partition coefficient (Wildman–Crippen LogP) is 3.99. The molecule has 0 heterocycles. The Morgan fingerprint density at radius 1 is 1.32 bits per heavy atom. The predicted molar refractivity (Wildman–Crippen MR) is 75.8 cm³/mol. The summed E-state index contributed by atoms with van der Waals surface area (Å²) in [6.07, 6.45) is 0. The van der Waals surface area contributed by atoms with Crippen LogP contribution in [0.15, 0.2) is 36.4 Å². The molecule has 2 rings (SSSR count). The van der Waals surface area contributed by atoms with Gasteiger partial charge in [0.05, 0.1) is 5.02 Å². The minimum atomic E-state index is -0.547. The molecule has 0 atom stereocenters. The van der Waals surface area contributed by atoms with Gasteiger partial charge in [0.2, 0.25) is 0 Å². The zero-order valence-corrected chi connectivity index (χ0v) is 11.4. The van der Waals surface area contributed by atoms with E-state index >= 15 is 0 Å². The summed E-state index contributed by atoms with van der Waals surface area (Å²) in [7, 11) is 0. The maximum absolute atomic E-state index is 11.6. The molecule has 0 spiro atoms. The molecule has 0 aliphatic carbocycles. The first-order valence-corrected chi connectivity index (χ1v) is 6.07. The zero-order chi connectivity index (χ0) is 14.2. The number of phenolic OH excluding ortho intramolecular Hbond substituents is 1. The second-order valence-electron chi connectivity index (χ2n) is 4.43. The number of ether oxygens (including phenoxy) is 1. The summed E-state index contributed by atoms with van der Waals surface area (Å²) in [6.45, 7) is 6.99. The van der Waals surface area contributed by atoms with E-state index in [1.807, 2.05) is 13.0 Å². The maximum Gasteiger partial charge on any atom is 0.338 e. The molecule has 0 saturated heterocycles. The molecule has 0 amide bonds. The number of aromatic hydroxyl groups is 1. The summed E-state index contributed by atoms with van der Waals surface area (Å²) in [4.78, 5) is 11.6. The molecule has 0 aliphatic rings. The van der Waals surface area contributed by atoms with Gasteiger partial charge in [-0.3, -0.25) is 0 Å². The van der Waals surface area contributed by atoms with Crippen molar-refractivity contribution < 1.29 is 14.6 Å². The molecule has 0 aliphatic heterocycles. The Bertz CT molecular complexity index is 689. The summed E-state index contributed by atoms with van der Waals surface area (Å²) >= 11 is 6.03. The van der Waals surface area contributed by atoms with Gasteiger partial charge in [-0.2, -0.15) is 0 Å². The van der Waals surface area contributed by atoms with Crippen molar-refractivity contribution in [3.05, 3.63) is 47.0 Å². The monoisotopic (exact) mass is 276 g/mol. The van der Waals surface area contributed by atoms with E-state index in [-0.39, 0.29) is 22.1 Å². The van der Waals surface area contributed by atoms with Crippen molar-refractivity contribution in [3.8, 4) is 11.5 Å². The number of hydrogen-bond donors (Lipinski definition) is 1. The highest BCUT2D eigenvalue weighted by Crippen LogP contribution is 2.39. The SMILES string of the molecule is C=C(C)C(=O)Oc1c(Cl)cc(O)c2cc(C)ccc12. The Kier molecular flexibility index (Phi) is 3.49. The smallest absolute Gasteiger partial charge is 0.338 e. The summed E-state index contributed by atoms with van der Waals surface area (Å²) in [5.41, 5.74) is 1.27. The van der Waals surface area contributed by atoms with E-state index in [2.05, 4.69) is 6.58 Å². The average molecular weight is 277 g/mol. The number of hydrogen-bond acceptors (Lipinski definition) is 3. The van der Waals surface area contributed by atoms with Gasteiger partial charge in [0, 0.05) is 22.4 Å². The third kappa shape index (κ3) is 2.56. The molecule has 2 aromatic rings. The second-order valence-corrected chi connectivity index (χ2v) is 4.83. The largest absolute Gasteiger partial charge is 0.507 e. The van der Waals surface area contributed by atoms with Gasteiger partial charge >= 0.3 is 5.97 Å². The van der Waals surface area contributed by atoms with E-state index in [1.165, 1.54) is 6.07 Å². The van der Waals surface area contributed by atoms with Crippen molar-refractivity contribution in [2.75, 3.05) is 0 Å². The van der Waals surface area contributed by atoms with Crippen LogP contribution in [-0.4, -0.2) is 11.1 Å². The molecule has 98 valence electrons. The van der Waals surface area contributed by atoms with Gasteiger partial charge in [0.15, 0.2) is 5.75 Å². The third-order valence-corrected chi connectivity index (χ3v) is 3.00. The van der Waals surface area contributed by atoms with Gasteiger partial charge in [0.1, 0.15) is 5.75 Å². The average Bonchev–Trinajstić information content (AvgIpc) is 2.34. The standard InChI is InChI=1S/C15H13ClO3/c1-8(2)15(18)19-14-10-5-4-9(3)6-11(10)13(17)7-12(14)16/h4-7,17H,1H2,2-3H3. The van der Waals surface area contributed by atoms with Crippen LogP contribution in [0.25, 0.3) is 10.8 Å². The van der Waals surface area contributed by atoms with Crippen LogP contribution in [0.4, 0.5) is 0 Å². The molecule has 4 heteroatoms. The molecular weight excluding hydrogens is 264 g/mol. The number of fused-ring (bicyclic) bond motifs is 1. The van der Waals surface area contributed by atoms with Gasteiger partial charge in [-0.05, 0) is 19.9 Å². The van der Waals surface area contributed by atoms with E-state index in [1.54, 1.807) is 19.1 Å². The molecule has 1 N–H and O–H groups in total. The van der Waals surface area contributed by atoms with E-state index in [0.717, 1.165) is 5.56 Å². The minimum Gasteiger partial charge on any atom is -0.507 e. The van der Waals surface area contributed by atoms with Crippen molar-refractivity contribution in [2.24, 2.45) is 0 Å². The topological polar surface area (TPSA) is 46.5 Å². The number of carbonyl (C=O) groups excluding carboxylic acids is 1. The molecule has 2 aromatic carbocycles. The van der Waals surface area contributed by atoms with E-state index in [9.17, 15) is 9.90 Å². The van der Waals surface area contributed by atoms with Crippen molar-refractivity contribution in [1.29, 1.82) is 0 Å². The molecule has 0 unspecified atom stereocenters. The third-order valence-electron chi connectivity index (χ3n) is 2.72. The minimum absolute atomic E-state index is 0.0545. The van der Waals surface area contributed by atoms with Crippen LogP contribution in [0.2, 0.25) is 5.02 Å².